The number of anilines is 1. The van der Waals surface area contributed by atoms with E-state index in [4.69, 9.17) is 0 Å². The predicted octanol–water partition coefficient (Wildman–Crippen LogP) is 3.22. The molecule has 7 heteroatoms. The SMILES string of the molecule is CCN(CCSC)c1cc(C)nc(C)c1[N+](=O)[O-].Cl. The third kappa shape index (κ3) is 4.54. The molecule has 0 aliphatic heterocycles. The Labute approximate surface area is 124 Å². The highest BCUT2D eigenvalue weighted by molar-refractivity contribution is 7.98. The number of nitro groups is 1. The monoisotopic (exact) mass is 305 g/mol. The molecule has 0 aromatic carbocycles. The highest BCUT2D eigenvalue weighted by Gasteiger charge is 2.22. The first-order valence-electron chi connectivity index (χ1n) is 5.87. The van der Waals surface area contributed by atoms with Gasteiger partial charge in [-0.3, -0.25) is 15.1 Å². The number of hydrogen-bond donors (Lipinski definition) is 0. The number of rotatable bonds is 6. The van der Waals surface area contributed by atoms with Crippen molar-refractivity contribution in [1.29, 1.82) is 0 Å². The third-order valence-electron chi connectivity index (χ3n) is 2.75. The van der Waals surface area contributed by atoms with Crippen LogP contribution in [0.5, 0.6) is 0 Å². The molecule has 0 aliphatic rings. The molecular weight excluding hydrogens is 286 g/mol. The fourth-order valence-corrected chi connectivity index (χ4v) is 2.32. The highest BCUT2D eigenvalue weighted by Crippen LogP contribution is 2.31. The summed E-state index contributed by atoms with van der Waals surface area (Å²) in [5.74, 6) is 0.950. The van der Waals surface area contributed by atoms with Crippen LogP contribution < -0.4 is 4.90 Å². The normalized spacial score (nSPS) is 9.89. The smallest absolute Gasteiger partial charge is 0.313 e. The zero-order valence-electron chi connectivity index (χ0n) is 11.7. The Hall–Kier alpha value is -1.01. The van der Waals surface area contributed by atoms with E-state index < -0.39 is 0 Å². The van der Waals surface area contributed by atoms with Gasteiger partial charge >= 0.3 is 5.69 Å². The van der Waals surface area contributed by atoms with Gasteiger partial charge in [-0.05, 0) is 33.1 Å². The van der Waals surface area contributed by atoms with E-state index in [9.17, 15) is 10.1 Å². The second kappa shape index (κ2) is 8.22. The Morgan fingerprint density at radius 2 is 2.11 bits per heavy atom. The van der Waals surface area contributed by atoms with Gasteiger partial charge in [0.25, 0.3) is 0 Å². The van der Waals surface area contributed by atoms with Gasteiger partial charge in [-0.25, -0.2) is 0 Å². The van der Waals surface area contributed by atoms with Crippen LogP contribution >= 0.6 is 24.2 Å². The molecule has 0 saturated carbocycles. The summed E-state index contributed by atoms with van der Waals surface area (Å²) in [5, 5.41) is 11.2. The summed E-state index contributed by atoms with van der Waals surface area (Å²) < 4.78 is 0. The van der Waals surface area contributed by atoms with Gasteiger partial charge in [-0.1, -0.05) is 0 Å². The molecule has 0 N–H and O–H groups in total. The molecule has 19 heavy (non-hydrogen) atoms. The number of nitrogens with zero attached hydrogens (tertiary/aromatic N) is 3. The van der Waals surface area contributed by atoms with Gasteiger partial charge < -0.3 is 4.90 Å². The van der Waals surface area contributed by atoms with Gasteiger partial charge in [0.05, 0.1) is 4.92 Å². The average Bonchev–Trinajstić information content (AvgIpc) is 2.28. The number of pyridine rings is 1. The van der Waals surface area contributed by atoms with E-state index in [2.05, 4.69) is 4.98 Å². The minimum Gasteiger partial charge on any atom is -0.365 e. The molecule has 0 atom stereocenters. The lowest BCUT2D eigenvalue weighted by molar-refractivity contribution is -0.385. The minimum atomic E-state index is -0.334. The van der Waals surface area contributed by atoms with Gasteiger partial charge in [0.15, 0.2) is 0 Å². The summed E-state index contributed by atoms with van der Waals surface area (Å²) in [5.41, 5.74) is 2.11. The minimum absolute atomic E-state index is 0. The summed E-state index contributed by atoms with van der Waals surface area (Å²) in [6.45, 7) is 7.13. The van der Waals surface area contributed by atoms with Crippen molar-refractivity contribution in [3.8, 4) is 0 Å². The molecule has 0 amide bonds. The lowest BCUT2D eigenvalue weighted by Gasteiger charge is -2.23. The van der Waals surface area contributed by atoms with Gasteiger partial charge in [-0.15, -0.1) is 12.4 Å². The summed E-state index contributed by atoms with van der Waals surface area (Å²) in [6, 6.07) is 1.80. The standard InChI is InChI=1S/C12H19N3O2S.ClH/c1-5-14(6-7-18-4)11-8-9(2)13-10(3)12(11)15(16)17;/h8H,5-7H2,1-4H3;1H. The predicted molar refractivity (Wildman–Crippen MR) is 83.9 cm³/mol. The Morgan fingerprint density at radius 1 is 1.47 bits per heavy atom. The van der Waals surface area contributed by atoms with Crippen LogP contribution in [-0.2, 0) is 0 Å². The lowest BCUT2D eigenvalue weighted by atomic mass is 10.2. The quantitative estimate of drug-likeness (QED) is 0.596. The summed E-state index contributed by atoms with van der Waals surface area (Å²) in [6.07, 6.45) is 2.03. The topological polar surface area (TPSA) is 59.3 Å². The van der Waals surface area contributed by atoms with E-state index in [-0.39, 0.29) is 23.0 Å². The Kier molecular flexibility index (Phi) is 7.78. The Morgan fingerprint density at radius 3 is 2.58 bits per heavy atom. The van der Waals surface area contributed by atoms with Crippen molar-refractivity contribution in [3.63, 3.8) is 0 Å². The van der Waals surface area contributed by atoms with Crippen molar-refractivity contribution in [2.75, 3.05) is 30.0 Å². The number of halogens is 1. The number of hydrogen-bond acceptors (Lipinski definition) is 5. The van der Waals surface area contributed by atoms with E-state index in [1.807, 2.05) is 25.0 Å². The third-order valence-corrected chi connectivity index (χ3v) is 3.34. The lowest BCUT2D eigenvalue weighted by Crippen LogP contribution is -2.26. The number of aromatic nitrogens is 1. The second-order valence-corrected chi connectivity index (χ2v) is 5.03. The molecular formula is C12H20ClN3O2S. The Bertz CT molecular complexity index is 443. The first-order valence-corrected chi connectivity index (χ1v) is 7.27. The zero-order valence-corrected chi connectivity index (χ0v) is 13.3. The Balaban J connectivity index is 0.00000324. The van der Waals surface area contributed by atoms with E-state index >= 15 is 0 Å². The largest absolute Gasteiger partial charge is 0.365 e. The molecule has 1 rings (SSSR count). The van der Waals surface area contributed by atoms with Gasteiger partial charge in [0.2, 0.25) is 0 Å². The van der Waals surface area contributed by atoms with Gasteiger partial charge in [0, 0.05) is 24.5 Å². The van der Waals surface area contributed by atoms with E-state index in [0.29, 0.717) is 11.4 Å². The fraction of sp³-hybridized carbons (Fsp3) is 0.583. The maximum absolute atomic E-state index is 11.2. The first kappa shape index (κ1) is 18.0. The maximum atomic E-state index is 11.2. The average molecular weight is 306 g/mol. The van der Waals surface area contributed by atoms with Crippen LogP contribution in [0.2, 0.25) is 0 Å². The highest BCUT2D eigenvalue weighted by atomic mass is 35.5. The van der Waals surface area contributed by atoms with Crippen LogP contribution in [0.3, 0.4) is 0 Å². The molecule has 1 aromatic heterocycles. The van der Waals surface area contributed by atoms with E-state index in [1.54, 1.807) is 24.8 Å². The molecule has 0 bridgehead atoms. The van der Waals surface area contributed by atoms with Crippen molar-refractivity contribution < 1.29 is 4.92 Å². The molecule has 0 fully saturated rings. The fourth-order valence-electron chi connectivity index (χ4n) is 1.92. The molecule has 5 nitrogen and oxygen atoms in total. The molecule has 0 radical (unpaired) electrons. The van der Waals surface area contributed by atoms with Crippen LogP contribution in [0.25, 0.3) is 0 Å². The van der Waals surface area contributed by atoms with Crippen LogP contribution in [0.1, 0.15) is 18.3 Å². The van der Waals surface area contributed by atoms with Crippen LogP contribution in [0.4, 0.5) is 11.4 Å². The number of aryl methyl sites for hydroxylation is 2. The van der Waals surface area contributed by atoms with Crippen LogP contribution in [0.15, 0.2) is 6.07 Å². The van der Waals surface area contributed by atoms with Crippen LogP contribution in [-0.4, -0.2) is 35.0 Å². The maximum Gasteiger partial charge on any atom is 0.313 e. The second-order valence-electron chi connectivity index (χ2n) is 4.05. The first-order chi connectivity index (χ1) is 8.51. The van der Waals surface area contributed by atoms with E-state index in [0.717, 1.165) is 24.5 Å². The van der Waals surface area contributed by atoms with Gasteiger partial charge in [0.1, 0.15) is 11.4 Å². The summed E-state index contributed by atoms with van der Waals surface area (Å²) in [7, 11) is 0. The van der Waals surface area contributed by atoms with Crippen molar-refractivity contribution in [2.24, 2.45) is 0 Å². The molecule has 0 saturated heterocycles. The molecule has 1 heterocycles. The molecule has 108 valence electrons. The molecule has 0 spiro atoms. The zero-order chi connectivity index (χ0) is 13.7. The summed E-state index contributed by atoms with van der Waals surface area (Å²) in [4.78, 5) is 17.1. The molecule has 0 aliphatic carbocycles. The van der Waals surface area contributed by atoms with E-state index in [1.165, 1.54) is 0 Å². The van der Waals surface area contributed by atoms with Crippen molar-refractivity contribution in [2.45, 2.75) is 20.8 Å². The molecule has 0 unspecified atom stereocenters. The van der Waals surface area contributed by atoms with Crippen LogP contribution in [0, 0.1) is 24.0 Å². The van der Waals surface area contributed by atoms with Crippen molar-refractivity contribution in [1.82, 2.24) is 4.98 Å². The number of thioether (sulfide) groups is 1. The molecule has 1 aromatic rings. The van der Waals surface area contributed by atoms with Crippen molar-refractivity contribution >= 4 is 35.5 Å². The van der Waals surface area contributed by atoms with Crippen molar-refractivity contribution in [3.05, 3.63) is 27.6 Å². The van der Waals surface area contributed by atoms with Gasteiger partial charge in [-0.2, -0.15) is 11.8 Å². The summed E-state index contributed by atoms with van der Waals surface area (Å²) >= 11 is 1.74.